The number of benzene rings is 1. The highest BCUT2D eigenvalue weighted by Gasteiger charge is 2.11. The number of thioether (sulfide) groups is 1. The summed E-state index contributed by atoms with van der Waals surface area (Å²) in [6.07, 6.45) is 0. The van der Waals surface area contributed by atoms with Crippen molar-refractivity contribution in [2.24, 2.45) is 0 Å². The van der Waals surface area contributed by atoms with Gasteiger partial charge in [-0.15, -0.1) is 23.1 Å². The molecule has 1 N–H and O–H groups in total. The van der Waals surface area contributed by atoms with E-state index >= 15 is 0 Å². The lowest BCUT2D eigenvalue weighted by Gasteiger charge is -2.12. The third kappa shape index (κ3) is 4.34. The first kappa shape index (κ1) is 14.6. The average molecular weight is 292 g/mol. The molecule has 0 bridgehead atoms. The van der Waals surface area contributed by atoms with Crippen molar-refractivity contribution in [1.29, 1.82) is 0 Å². The van der Waals surface area contributed by atoms with E-state index in [1.807, 2.05) is 11.8 Å². The van der Waals surface area contributed by atoms with Crippen LogP contribution < -0.4 is 5.32 Å². The minimum atomic E-state index is 0.335. The van der Waals surface area contributed by atoms with Crippen LogP contribution in [-0.4, -0.2) is 17.3 Å². The maximum absolute atomic E-state index is 4.60. The molecule has 2 nitrogen and oxygen atoms in total. The predicted octanol–water partition coefficient (Wildman–Crippen LogP) is 4.20. The van der Waals surface area contributed by atoms with Crippen LogP contribution in [0.3, 0.4) is 0 Å². The van der Waals surface area contributed by atoms with Crippen LogP contribution >= 0.6 is 23.1 Å². The lowest BCUT2D eigenvalue weighted by atomic mass is 10.2. The summed E-state index contributed by atoms with van der Waals surface area (Å²) in [5, 5.41) is 4.70. The number of hydrogen-bond donors (Lipinski definition) is 1. The highest BCUT2D eigenvalue weighted by Crippen LogP contribution is 2.22. The van der Waals surface area contributed by atoms with Crippen LogP contribution in [-0.2, 0) is 0 Å². The second-order valence-electron chi connectivity index (χ2n) is 4.51. The summed E-state index contributed by atoms with van der Waals surface area (Å²) in [5.41, 5.74) is 1.20. The van der Waals surface area contributed by atoms with Gasteiger partial charge in [-0.3, -0.25) is 0 Å². The molecule has 0 amide bonds. The van der Waals surface area contributed by atoms with Gasteiger partial charge in [-0.2, -0.15) is 0 Å². The molecular formula is C15H20N2S2. The summed E-state index contributed by atoms with van der Waals surface area (Å²) in [7, 11) is 0. The summed E-state index contributed by atoms with van der Waals surface area (Å²) >= 11 is 3.66. The maximum Gasteiger partial charge on any atom is 0.0900 e. The van der Waals surface area contributed by atoms with E-state index in [1.54, 1.807) is 11.3 Å². The van der Waals surface area contributed by atoms with Crippen molar-refractivity contribution in [3.05, 3.63) is 45.9 Å². The number of hydrogen-bond acceptors (Lipinski definition) is 4. The molecule has 0 fully saturated rings. The Morgan fingerprint density at radius 1 is 1.26 bits per heavy atom. The molecule has 19 heavy (non-hydrogen) atoms. The van der Waals surface area contributed by atoms with Crippen molar-refractivity contribution in [2.45, 2.75) is 31.7 Å². The van der Waals surface area contributed by atoms with Gasteiger partial charge < -0.3 is 5.32 Å². The fraction of sp³-hybridized carbons (Fsp3) is 0.400. The molecule has 1 atom stereocenters. The second-order valence-corrected chi connectivity index (χ2v) is 7.09. The van der Waals surface area contributed by atoms with Gasteiger partial charge in [0, 0.05) is 28.1 Å². The van der Waals surface area contributed by atoms with Crippen molar-refractivity contribution in [1.82, 2.24) is 10.3 Å². The van der Waals surface area contributed by atoms with Crippen molar-refractivity contribution in [3.63, 3.8) is 0 Å². The normalized spacial score (nSPS) is 12.6. The van der Waals surface area contributed by atoms with Gasteiger partial charge in [0.1, 0.15) is 0 Å². The first-order valence-electron chi connectivity index (χ1n) is 6.52. The third-order valence-corrected chi connectivity index (χ3v) is 4.83. The Labute approximate surface area is 123 Å². The van der Waals surface area contributed by atoms with Gasteiger partial charge in [-0.05, 0) is 32.9 Å². The summed E-state index contributed by atoms with van der Waals surface area (Å²) in [4.78, 5) is 7.25. The summed E-state index contributed by atoms with van der Waals surface area (Å²) in [6, 6.07) is 10.9. The smallest absolute Gasteiger partial charge is 0.0900 e. The Balaban J connectivity index is 1.75. The molecule has 1 unspecified atom stereocenters. The van der Waals surface area contributed by atoms with Gasteiger partial charge in [-0.25, -0.2) is 4.98 Å². The third-order valence-electron chi connectivity index (χ3n) is 2.91. The summed E-state index contributed by atoms with van der Waals surface area (Å²) < 4.78 is 0. The largest absolute Gasteiger partial charge is 0.308 e. The Morgan fingerprint density at radius 3 is 2.63 bits per heavy atom. The molecule has 2 rings (SSSR count). The average Bonchev–Trinajstić information content (AvgIpc) is 2.75. The van der Waals surface area contributed by atoms with Crippen LogP contribution in [0.4, 0.5) is 0 Å². The standard InChI is InChI=1S/C15H20N2S2/c1-11(15-12(2)19-13(3)17-15)16-9-10-18-14-7-5-4-6-8-14/h4-8,11,16H,9-10H2,1-3H3. The van der Waals surface area contributed by atoms with E-state index in [-0.39, 0.29) is 0 Å². The Hall–Kier alpha value is -0.840. The van der Waals surface area contributed by atoms with E-state index in [4.69, 9.17) is 0 Å². The van der Waals surface area contributed by atoms with E-state index < -0.39 is 0 Å². The molecule has 0 radical (unpaired) electrons. The molecule has 1 heterocycles. The zero-order valence-corrected chi connectivity index (χ0v) is 13.3. The molecule has 0 saturated carbocycles. The van der Waals surface area contributed by atoms with Crippen molar-refractivity contribution in [3.8, 4) is 0 Å². The second kappa shape index (κ2) is 7.08. The molecular weight excluding hydrogens is 272 g/mol. The molecule has 102 valence electrons. The predicted molar refractivity (Wildman–Crippen MR) is 85.2 cm³/mol. The Bertz CT molecular complexity index is 508. The number of thiazole rings is 1. The molecule has 0 spiro atoms. The van der Waals surface area contributed by atoms with E-state index in [9.17, 15) is 0 Å². The number of nitrogens with zero attached hydrogens (tertiary/aromatic N) is 1. The summed E-state index contributed by atoms with van der Waals surface area (Å²) in [5.74, 6) is 1.08. The zero-order valence-electron chi connectivity index (χ0n) is 11.6. The van der Waals surface area contributed by atoms with Gasteiger partial charge in [-0.1, -0.05) is 18.2 Å². The van der Waals surface area contributed by atoms with Gasteiger partial charge in [0.25, 0.3) is 0 Å². The van der Waals surface area contributed by atoms with Gasteiger partial charge >= 0.3 is 0 Å². The summed E-state index contributed by atoms with van der Waals surface area (Å²) in [6.45, 7) is 7.40. The van der Waals surface area contributed by atoms with Crippen molar-refractivity contribution >= 4 is 23.1 Å². The highest BCUT2D eigenvalue weighted by atomic mass is 32.2. The van der Waals surface area contributed by atoms with E-state index in [0.29, 0.717) is 6.04 Å². The van der Waals surface area contributed by atoms with Crippen LogP contribution in [0.5, 0.6) is 0 Å². The lowest BCUT2D eigenvalue weighted by molar-refractivity contribution is 0.586. The van der Waals surface area contributed by atoms with Crippen molar-refractivity contribution < 1.29 is 0 Å². The molecule has 2 aromatic rings. The zero-order chi connectivity index (χ0) is 13.7. The molecule has 1 aromatic heterocycles. The first-order valence-corrected chi connectivity index (χ1v) is 8.32. The molecule has 0 saturated heterocycles. The minimum Gasteiger partial charge on any atom is -0.308 e. The van der Waals surface area contributed by atoms with Crippen LogP contribution in [0.15, 0.2) is 35.2 Å². The van der Waals surface area contributed by atoms with E-state index in [2.05, 4.69) is 61.4 Å². The Kier molecular flexibility index (Phi) is 5.43. The quantitative estimate of drug-likeness (QED) is 0.638. The fourth-order valence-corrected chi connectivity index (χ4v) is 3.72. The molecule has 0 aliphatic heterocycles. The SMILES string of the molecule is Cc1nc(C(C)NCCSc2ccccc2)c(C)s1. The Morgan fingerprint density at radius 2 is 2.00 bits per heavy atom. The monoisotopic (exact) mass is 292 g/mol. The molecule has 0 aliphatic rings. The van der Waals surface area contributed by atoms with Crippen LogP contribution in [0, 0.1) is 13.8 Å². The maximum atomic E-state index is 4.60. The lowest BCUT2D eigenvalue weighted by Crippen LogP contribution is -2.22. The fourth-order valence-electron chi connectivity index (χ4n) is 2.00. The number of aromatic nitrogens is 1. The number of aryl methyl sites for hydroxylation is 2. The molecule has 1 aromatic carbocycles. The number of rotatable bonds is 6. The van der Waals surface area contributed by atoms with E-state index in [0.717, 1.165) is 17.3 Å². The molecule has 4 heteroatoms. The van der Waals surface area contributed by atoms with Crippen LogP contribution in [0.25, 0.3) is 0 Å². The van der Waals surface area contributed by atoms with Crippen LogP contribution in [0.1, 0.15) is 28.5 Å². The minimum absolute atomic E-state index is 0.335. The van der Waals surface area contributed by atoms with Gasteiger partial charge in [0.05, 0.1) is 10.7 Å². The topological polar surface area (TPSA) is 24.9 Å². The first-order chi connectivity index (χ1) is 9.16. The number of nitrogens with one attached hydrogen (secondary N) is 1. The van der Waals surface area contributed by atoms with Crippen LogP contribution in [0.2, 0.25) is 0 Å². The van der Waals surface area contributed by atoms with E-state index in [1.165, 1.54) is 15.5 Å². The molecule has 0 aliphatic carbocycles. The van der Waals surface area contributed by atoms with Gasteiger partial charge in [0.15, 0.2) is 0 Å². The van der Waals surface area contributed by atoms with Crippen molar-refractivity contribution in [2.75, 3.05) is 12.3 Å². The highest BCUT2D eigenvalue weighted by molar-refractivity contribution is 7.99. The van der Waals surface area contributed by atoms with Gasteiger partial charge in [0.2, 0.25) is 0 Å².